The van der Waals surface area contributed by atoms with Crippen LogP contribution in [0.15, 0.2) is 36.0 Å². The number of ether oxygens (including phenoxy) is 1. The second kappa shape index (κ2) is 7.78. The quantitative estimate of drug-likeness (QED) is 0.519. The summed E-state index contributed by atoms with van der Waals surface area (Å²) in [6.07, 6.45) is 9.61. The third kappa shape index (κ3) is 3.17. The molecule has 5 aliphatic carbocycles. The number of allylic oxidation sites excluding steroid dienone is 1. The Labute approximate surface area is 217 Å². The Hall–Kier alpha value is -2.47. The lowest BCUT2D eigenvalue weighted by Crippen LogP contribution is -2.61. The Morgan fingerprint density at radius 2 is 1.95 bits per heavy atom. The standard InChI is InChI=1S/C31H37FN2O3/c1-17-12-22-23-10-11-31(37-28(36)18-4-5-18,20-6-8-21(32)9-7-20)30(23,3)15-26(35)27(22)29(2)14-19-16-33-34-25(19)13-24(17)29/h6-9,13,16-18,22-23,26-27,35H,4-5,10-12,14-15H2,1-3H3,(H,33,34). The number of nitrogens with one attached hydrogen (secondary N) is 1. The summed E-state index contributed by atoms with van der Waals surface area (Å²) in [5.74, 6) is 0.725. The van der Waals surface area contributed by atoms with Crippen LogP contribution >= 0.6 is 0 Å². The smallest absolute Gasteiger partial charge is 0.309 e. The molecule has 2 aromatic rings. The van der Waals surface area contributed by atoms with Gasteiger partial charge in [0.1, 0.15) is 11.4 Å². The normalized spacial score (nSPS) is 42.2. The Morgan fingerprint density at radius 1 is 1.19 bits per heavy atom. The van der Waals surface area contributed by atoms with E-state index in [-0.39, 0.29) is 29.0 Å². The first-order chi connectivity index (χ1) is 17.7. The molecule has 1 heterocycles. The minimum absolute atomic E-state index is 0.0195. The van der Waals surface area contributed by atoms with Crippen LogP contribution in [0.4, 0.5) is 4.39 Å². The molecule has 5 aliphatic rings. The van der Waals surface area contributed by atoms with Crippen molar-refractivity contribution in [3.05, 3.63) is 58.7 Å². The van der Waals surface area contributed by atoms with Crippen LogP contribution in [0.3, 0.4) is 0 Å². The highest BCUT2D eigenvalue weighted by Crippen LogP contribution is 2.71. The van der Waals surface area contributed by atoms with Gasteiger partial charge in [-0.15, -0.1) is 0 Å². The molecular weight excluding hydrogens is 467 g/mol. The minimum Gasteiger partial charge on any atom is -0.453 e. The number of benzene rings is 1. The number of fused-ring (bicyclic) bond motifs is 6. The van der Waals surface area contributed by atoms with E-state index < -0.39 is 17.1 Å². The molecule has 0 spiro atoms. The van der Waals surface area contributed by atoms with E-state index in [2.05, 4.69) is 37.0 Å². The summed E-state index contributed by atoms with van der Waals surface area (Å²) in [6, 6.07) is 6.56. The molecule has 0 radical (unpaired) electrons. The largest absolute Gasteiger partial charge is 0.453 e. The summed E-state index contributed by atoms with van der Waals surface area (Å²) in [6.45, 7) is 6.92. The molecule has 0 bridgehead atoms. The molecule has 0 aliphatic heterocycles. The molecule has 196 valence electrons. The fourth-order valence-corrected chi connectivity index (χ4v) is 9.52. The van der Waals surface area contributed by atoms with Gasteiger partial charge in [0.15, 0.2) is 0 Å². The van der Waals surface area contributed by atoms with E-state index in [4.69, 9.17) is 4.74 Å². The molecule has 1 aromatic heterocycles. The first-order valence-corrected chi connectivity index (χ1v) is 14.1. The number of rotatable bonds is 3. The van der Waals surface area contributed by atoms with Crippen molar-refractivity contribution in [2.24, 2.45) is 40.4 Å². The van der Waals surface area contributed by atoms with Gasteiger partial charge in [-0.05, 0) is 103 Å². The number of esters is 1. The minimum atomic E-state index is -0.846. The zero-order chi connectivity index (χ0) is 25.7. The molecule has 8 atom stereocenters. The Morgan fingerprint density at radius 3 is 2.68 bits per heavy atom. The number of nitrogens with zero attached hydrogens (tertiary/aromatic N) is 1. The van der Waals surface area contributed by atoms with Crippen LogP contribution in [-0.4, -0.2) is 27.4 Å². The number of hydrogen-bond donors (Lipinski definition) is 2. The highest BCUT2D eigenvalue weighted by Gasteiger charge is 2.69. The number of aromatic nitrogens is 2. The molecule has 2 N–H and O–H groups in total. The molecule has 7 rings (SSSR count). The van der Waals surface area contributed by atoms with Gasteiger partial charge in [-0.25, -0.2) is 4.39 Å². The van der Waals surface area contributed by atoms with E-state index in [0.29, 0.717) is 30.6 Å². The molecule has 4 saturated carbocycles. The van der Waals surface area contributed by atoms with E-state index in [0.717, 1.165) is 43.4 Å². The predicted octanol–water partition coefficient (Wildman–Crippen LogP) is 5.80. The number of aromatic amines is 1. The molecule has 8 unspecified atom stereocenters. The number of carbonyl (C=O) groups is 1. The first-order valence-electron chi connectivity index (χ1n) is 14.1. The predicted molar refractivity (Wildman–Crippen MR) is 137 cm³/mol. The van der Waals surface area contributed by atoms with Gasteiger partial charge in [0.2, 0.25) is 0 Å². The molecule has 6 heteroatoms. The summed E-state index contributed by atoms with van der Waals surface area (Å²) in [4.78, 5) is 13.2. The fourth-order valence-electron chi connectivity index (χ4n) is 9.52. The average molecular weight is 505 g/mol. The van der Waals surface area contributed by atoms with Gasteiger partial charge in [-0.2, -0.15) is 5.10 Å². The van der Waals surface area contributed by atoms with E-state index >= 15 is 0 Å². The topological polar surface area (TPSA) is 75.2 Å². The van der Waals surface area contributed by atoms with Crippen LogP contribution < -0.4 is 0 Å². The van der Waals surface area contributed by atoms with Crippen LogP contribution in [0.2, 0.25) is 0 Å². The number of carbonyl (C=O) groups excluding carboxylic acids is 1. The Bertz CT molecular complexity index is 1280. The summed E-state index contributed by atoms with van der Waals surface area (Å²) in [5.41, 5.74) is 3.22. The zero-order valence-corrected chi connectivity index (χ0v) is 22.0. The SMILES string of the molecule is CC1CC2C(C(O)CC3(C)C2CCC3(OC(=O)C2CC2)c2ccc(F)cc2)C2(C)Cc3cn[nH]c3C=C12. The summed E-state index contributed by atoms with van der Waals surface area (Å²) in [5, 5.41) is 19.5. The number of halogens is 1. The second-order valence-corrected chi connectivity index (χ2v) is 13.2. The Kier molecular flexibility index (Phi) is 4.97. The van der Waals surface area contributed by atoms with Crippen LogP contribution in [0.25, 0.3) is 6.08 Å². The van der Waals surface area contributed by atoms with E-state index in [1.807, 2.05) is 6.20 Å². The number of aliphatic hydroxyl groups excluding tert-OH is 1. The lowest BCUT2D eigenvalue weighted by atomic mass is 9.44. The zero-order valence-electron chi connectivity index (χ0n) is 22.0. The van der Waals surface area contributed by atoms with Crippen molar-refractivity contribution in [1.82, 2.24) is 10.2 Å². The highest BCUT2D eigenvalue weighted by atomic mass is 19.1. The summed E-state index contributed by atoms with van der Waals surface area (Å²) >= 11 is 0. The van der Waals surface area contributed by atoms with Gasteiger partial charge in [0.05, 0.1) is 23.9 Å². The maximum absolute atomic E-state index is 14.0. The molecule has 5 nitrogen and oxygen atoms in total. The van der Waals surface area contributed by atoms with E-state index in [1.54, 1.807) is 12.1 Å². The van der Waals surface area contributed by atoms with Crippen LogP contribution in [0.1, 0.15) is 76.1 Å². The van der Waals surface area contributed by atoms with Crippen molar-refractivity contribution in [3.63, 3.8) is 0 Å². The van der Waals surface area contributed by atoms with Crippen molar-refractivity contribution < 1.29 is 19.0 Å². The summed E-state index contributed by atoms with van der Waals surface area (Å²) < 4.78 is 20.5. The van der Waals surface area contributed by atoms with Crippen molar-refractivity contribution in [2.45, 2.75) is 77.4 Å². The van der Waals surface area contributed by atoms with Gasteiger partial charge in [-0.3, -0.25) is 9.89 Å². The van der Waals surface area contributed by atoms with Crippen molar-refractivity contribution in [2.75, 3.05) is 0 Å². The van der Waals surface area contributed by atoms with Gasteiger partial charge in [-0.1, -0.05) is 38.5 Å². The summed E-state index contributed by atoms with van der Waals surface area (Å²) in [7, 11) is 0. The van der Waals surface area contributed by atoms with Gasteiger partial charge >= 0.3 is 5.97 Å². The van der Waals surface area contributed by atoms with Crippen molar-refractivity contribution in [1.29, 1.82) is 0 Å². The fraction of sp³-hybridized carbons (Fsp3) is 0.613. The molecule has 1 aromatic carbocycles. The highest BCUT2D eigenvalue weighted by molar-refractivity contribution is 5.75. The lowest BCUT2D eigenvalue weighted by Gasteiger charge is -2.62. The number of aliphatic hydroxyl groups is 1. The van der Waals surface area contributed by atoms with Crippen LogP contribution in [0.5, 0.6) is 0 Å². The van der Waals surface area contributed by atoms with Crippen molar-refractivity contribution >= 4 is 12.0 Å². The van der Waals surface area contributed by atoms with Crippen LogP contribution in [-0.2, 0) is 21.6 Å². The van der Waals surface area contributed by atoms with Gasteiger partial charge in [0.25, 0.3) is 0 Å². The maximum atomic E-state index is 14.0. The molecule has 0 amide bonds. The number of H-pyrrole nitrogens is 1. The lowest BCUT2D eigenvalue weighted by molar-refractivity contribution is -0.204. The number of hydrogen-bond acceptors (Lipinski definition) is 4. The molecular formula is C31H37FN2O3. The maximum Gasteiger partial charge on any atom is 0.309 e. The monoisotopic (exact) mass is 504 g/mol. The Balaban J connectivity index is 1.31. The van der Waals surface area contributed by atoms with E-state index in [9.17, 15) is 14.3 Å². The van der Waals surface area contributed by atoms with Crippen molar-refractivity contribution in [3.8, 4) is 0 Å². The molecule has 37 heavy (non-hydrogen) atoms. The molecule has 0 saturated heterocycles. The average Bonchev–Trinajstić information content (AvgIpc) is 3.54. The second-order valence-electron chi connectivity index (χ2n) is 13.2. The van der Waals surface area contributed by atoms with Gasteiger partial charge in [0, 0.05) is 5.41 Å². The first kappa shape index (κ1) is 23.6. The third-order valence-electron chi connectivity index (χ3n) is 11.2. The van der Waals surface area contributed by atoms with Crippen LogP contribution in [0, 0.1) is 46.2 Å². The molecule has 4 fully saturated rings. The van der Waals surface area contributed by atoms with E-state index in [1.165, 1.54) is 23.3 Å². The van der Waals surface area contributed by atoms with Gasteiger partial charge < -0.3 is 9.84 Å². The third-order valence-corrected chi connectivity index (χ3v) is 11.2.